The van der Waals surface area contributed by atoms with E-state index in [1.165, 1.54) is 0 Å². The van der Waals surface area contributed by atoms with E-state index >= 15 is 0 Å². The third-order valence-electron chi connectivity index (χ3n) is 4.74. The van der Waals surface area contributed by atoms with Crippen LogP contribution in [0.3, 0.4) is 0 Å². The van der Waals surface area contributed by atoms with E-state index in [1.807, 2.05) is 19.1 Å². The summed E-state index contributed by atoms with van der Waals surface area (Å²) in [5.41, 5.74) is 2.47. The van der Waals surface area contributed by atoms with Crippen molar-refractivity contribution in [3.63, 3.8) is 0 Å². The van der Waals surface area contributed by atoms with Crippen LogP contribution in [0.15, 0.2) is 48.5 Å². The van der Waals surface area contributed by atoms with E-state index in [-0.39, 0.29) is 23.7 Å². The molecule has 2 aromatic carbocycles. The lowest BCUT2D eigenvalue weighted by molar-refractivity contribution is -0.141. The predicted octanol–water partition coefficient (Wildman–Crippen LogP) is 3.88. The van der Waals surface area contributed by atoms with Gasteiger partial charge in [0, 0.05) is 23.2 Å². The Kier molecular flexibility index (Phi) is 8.70. The molecule has 170 valence electrons. The Bertz CT molecular complexity index is 957. The molecule has 0 bridgehead atoms. The maximum Gasteiger partial charge on any atom is 0.325 e. The van der Waals surface area contributed by atoms with Gasteiger partial charge >= 0.3 is 5.97 Å². The molecule has 2 N–H and O–H groups in total. The number of hydrogen-bond donors (Lipinski definition) is 2. The minimum Gasteiger partial charge on any atom is -0.456 e. The molecular formula is C25H30N2O5. The van der Waals surface area contributed by atoms with Crippen molar-refractivity contribution in [2.75, 3.05) is 18.5 Å². The molecule has 7 nitrogen and oxygen atoms in total. The Morgan fingerprint density at radius 3 is 2.03 bits per heavy atom. The Morgan fingerprint density at radius 2 is 1.47 bits per heavy atom. The Labute approximate surface area is 188 Å². The molecule has 0 saturated heterocycles. The van der Waals surface area contributed by atoms with Crippen LogP contribution in [0, 0.1) is 0 Å². The molecule has 0 radical (unpaired) electrons. The number of ether oxygens (including phenoxy) is 1. The van der Waals surface area contributed by atoms with E-state index in [9.17, 15) is 19.2 Å². The van der Waals surface area contributed by atoms with Gasteiger partial charge in [-0.15, -0.1) is 0 Å². The van der Waals surface area contributed by atoms with Gasteiger partial charge in [-0.1, -0.05) is 39.8 Å². The van der Waals surface area contributed by atoms with Crippen LogP contribution in [-0.2, 0) is 19.7 Å². The molecule has 0 fully saturated rings. The topological polar surface area (TPSA) is 102 Å². The molecule has 2 amide bonds. The smallest absolute Gasteiger partial charge is 0.325 e. The number of Topliss-reactive ketones (excluding diaryl/α,β-unsaturated/α-hetero) is 1. The fraction of sp³-hybridized carbons (Fsp3) is 0.360. The summed E-state index contributed by atoms with van der Waals surface area (Å²) in [6.45, 7) is 7.39. The summed E-state index contributed by atoms with van der Waals surface area (Å²) in [5, 5.41) is 5.23. The third kappa shape index (κ3) is 7.65. The standard InChI is InChI=1S/C25H30N2O5/c1-5-6-22(29)27-20-13-9-17(10-14-20)21(28)16-32-23(30)15-26-24(31)18-7-11-19(12-8-18)25(2,3)4/h7-14H,5-6,15-16H2,1-4H3,(H,26,31)(H,27,29). The Balaban J connectivity index is 1.78. The molecule has 32 heavy (non-hydrogen) atoms. The van der Waals surface area contributed by atoms with Crippen molar-refractivity contribution in [3.8, 4) is 0 Å². The summed E-state index contributed by atoms with van der Waals surface area (Å²) in [7, 11) is 0. The highest BCUT2D eigenvalue weighted by molar-refractivity contribution is 5.99. The van der Waals surface area contributed by atoms with Crippen LogP contribution >= 0.6 is 0 Å². The highest BCUT2D eigenvalue weighted by atomic mass is 16.5. The lowest BCUT2D eigenvalue weighted by Gasteiger charge is -2.19. The van der Waals surface area contributed by atoms with E-state index < -0.39 is 18.5 Å². The van der Waals surface area contributed by atoms with Crippen LogP contribution in [0.4, 0.5) is 5.69 Å². The summed E-state index contributed by atoms with van der Waals surface area (Å²) in [4.78, 5) is 47.9. The average molecular weight is 439 g/mol. The van der Waals surface area contributed by atoms with Gasteiger partial charge in [0.1, 0.15) is 6.54 Å². The van der Waals surface area contributed by atoms with Crippen LogP contribution < -0.4 is 10.6 Å². The normalized spacial score (nSPS) is 10.9. The van der Waals surface area contributed by atoms with Crippen molar-refractivity contribution in [3.05, 3.63) is 65.2 Å². The number of nitrogens with one attached hydrogen (secondary N) is 2. The van der Waals surface area contributed by atoms with Crippen molar-refractivity contribution in [1.29, 1.82) is 0 Å². The first-order chi connectivity index (χ1) is 15.1. The molecule has 0 aliphatic rings. The number of esters is 1. The summed E-state index contributed by atoms with van der Waals surface area (Å²) in [5.74, 6) is -1.57. The van der Waals surface area contributed by atoms with E-state index in [0.717, 1.165) is 12.0 Å². The molecule has 0 heterocycles. The van der Waals surface area contributed by atoms with Crippen molar-refractivity contribution in [1.82, 2.24) is 5.32 Å². The highest BCUT2D eigenvalue weighted by Gasteiger charge is 2.15. The fourth-order valence-electron chi connectivity index (χ4n) is 2.85. The van der Waals surface area contributed by atoms with Crippen LogP contribution in [0.2, 0.25) is 0 Å². The number of ketones is 1. The number of carbonyl (C=O) groups excluding carboxylic acids is 4. The molecule has 2 aromatic rings. The monoisotopic (exact) mass is 438 g/mol. The summed E-state index contributed by atoms with van der Waals surface area (Å²) in [6, 6.07) is 13.5. The molecular weight excluding hydrogens is 408 g/mol. The minimum absolute atomic E-state index is 0.0192. The summed E-state index contributed by atoms with van der Waals surface area (Å²) < 4.78 is 4.96. The quantitative estimate of drug-likeness (QED) is 0.457. The largest absolute Gasteiger partial charge is 0.456 e. The molecule has 2 rings (SSSR count). The number of benzene rings is 2. The van der Waals surface area contributed by atoms with Gasteiger partial charge in [-0.3, -0.25) is 19.2 Å². The lowest BCUT2D eigenvalue weighted by Crippen LogP contribution is -2.31. The van der Waals surface area contributed by atoms with Gasteiger partial charge in [-0.25, -0.2) is 0 Å². The van der Waals surface area contributed by atoms with E-state index in [0.29, 0.717) is 23.2 Å². The number of rotatable bonds is 9. The van der Waals surface area contributed by atoms with Gasteiger partial charge in [0.05, 0.1) is 0 Å². The van der Waals surface area contributed by atoms with Gasteiger partial charge in [-0.2, -0.15) is 0 Å². The fourth-order valence-corrected chi connectivity index (χ4v) is 2.85. The van der Waals surface area contributed by atoms with Gasteiger partial charge < -0.3 is 15.4 Å². The zero-order valence-corrected chi connectivity index (χ0v) is 19.0. The van der Waals surface area contributed by atoms with Crippen molar-refractivity contribution in [2.24, 2.45) is 0 Å². The molecule has 0 aliphatic heterocycles. The van der Waals surface area contributed by atoms with Gasteiger partial charge in [0.15, 0.2) is 12.4 Å². The molecule has 0 saturated carbocycles. The molecule has 0 spiro atoms. The Morgan fingerprint density at radius 1 is 0.875 bits per heavy atom. The van der Waals surface area contributed by atoms with Crippen LogP contribution in [0.5, 0.6) is 0 Å². The zero-order valence-electron chi connectivity index (χ0n) is 19.0. The lowest BCUT2D eigenvalue weighted by atomic mass is 9.87. The summed E-state index contributed by atoms with van der Waals surface area (Å²) in [6.07, 6.45) is 1.17. The number of amides is 2. The SMILES string of the molecule is CCCC(=O)Nc1ccc(C(=O)COC(=O)CNC(=O)c2ccc(C(C)(C)C)cc2)cc1. The molecule has 0 aliphatic carbocycles. The second-order valence-corrected chi connectivity index (χ2v) is 8.47. The molecule has 0 aromatic heterocycles. The van der Waals surface area contributed by atoms with E-state index in [2.05, 4.69) is 31.4 Å². The maximum absolute atomic E-state index is 12.2. The van der Waals surface area contributed by atoms with Crippen molar-refractivity contribution >= 4 is 29.3 Å². The second kappa shape index (κ2) is 11.2. The minimum atomic E-state index is -0.707. The number of anilines is 1. The number of carbonyl (C=O) groups is 4. The highest BCUT2D eigenvalue weighted by Crippen LogP contribution is 2.22. The number of hydrogen-bond acceptors (Lipinski definition) is 5. The molecule has 0 atom stereocenters. The zero-order chi connectivity index (χ0) is 23.7. The second-order valence-electron chi connectivity index (χ2n) is 8.47. The molecule has 7 heteroatoms. The first-order valence-corrected chi connectivity index (χ1v) is 10.6. The van der Waals surface area contributed by atoms with Gasteiger partial charge in [0.2, 0.25) is 5.91 Å². The third-order valence-corrected chi connectivity index (χ3v) is 4.74. The van der Waals surface area contributed by atoms with Gasteiger partial charge in [0.25, 0.3) is 5.91 Å². The van der Waals surface area contributed by atoms with E-state index in [4.69, 9.17) is 4.74 Å². The van der Waals surface area contributed by atoms with E-state index in [1.54, 1.807) is 36.4 Å². The van der Waals surface area contributed by atoms with Crippen molar-refractivity contribution < 1.29 is 23.9 Å². The first kappa shape index (κ1) is 24.8. The average Bonchev–Trinajstić information content (AvgIpc) is 2.76. The van der Waals surface area contributed by atoms with Crippen LogP contribution in [-0.4, -0.2) is 36.7 Å². The predicted molar refractivity (Wildman–Crippen MR) is 123 cm³/mol. The molecule has 0 unspecified atom stereocenters. The van der Waals surface area contributed by atoms with Crippen LogP contribution in [0.1, 0.15) is 66.8 Å². The Hall–Kier alpha value is -3.48. The van der Waals surface area contributed by atoms with Crippen molar-refractivity contribution in [2.45, 2.75) is 46.0 Å². The van der Waals surface area contributed by atoms with Gasteiger partial charge in [-0.05, 0) is 53.8 Å². The maximum atomic E-state index is 12.2. The van der Waals surface area contributed by atoms with Crippen LogP contribution in [0.25, 0.3) is 0 Å². The summed E-state index contributed by atoms with van der Waals surface area (Å²) >= 11 is 0. The first-order valence-electron chi connectivity index (χ1n) is 10.6.